The van der Waals surface area contributed by atoms with Crippen LogP contribution in [0.5, 0.6) is 11.6 Å². The Labute approximate surface area is 108 Å². The third-order valence-electron chi connectivity index (χ3n) is 2.02. The maximum atomic E-state index is 13.4. The van der Waals surface area contributed by atoms with Crippen LogP contribution in [0.1, 0.15) is 0 Å². The Hall–Kier alpha value is -1.96. The van der Waals surface area contributed by atoms with Crippen LogP contribution in [-0.4, -0.2) is 9.97 Å². The molecule has 1 aromatic heterocycles. The van der Waals surface area contributed by atoms with Crippen molar-refractivity contribution in [2.45, 2.75) is 0 Å². The number of aromatic amines is 1. The molecule has 0 fully saturated rings. The molecule has 0 aliphatic heterocycles. The van der Waals surface area contributed by atoms with Gasteiger partial charge >= 0.3 is 0 Å². The van der Waals surface area contributed by atoms with E-state index in [9.17, 15) is 13.6 Å². The second-order valence-electron chi connectivity index (χ2n) is 3.25. The standard InChI is InChI=1S/C10H6BrF2N3O2/c11-4-1-5(12)7(13)6(2-4)18-10-8(14)9(17)15-3-16-10/h1-3H,14H2,(H,15,16,17). The fourth-order valence-electron chi connectivity index (χ4n) is 1.19. The summed E-state index contributed by atoms with van der Waals surface area (Å²) < 4.78 is 31.8. The third-order valence-corrected chi connectivity index (χ3v) is 2.48. The van der Waals surface area contributed by atoms with E-state index >= 15 is 0 Å². The summed E-state index contributed by atoms with van der Waals surface area (Å²) >= 11 is 2.99. The van der Waals surface area contributed by atoms with Crippen molar-refractivity contribution in [3.8, 4) is 11.6 Å². The fourth-order valence-corrected chi connectivity index (χ4v) is 1.59. The van der Waals surface area contributed by atoms with E-state index in [1.165, 1.54) is 6.07 Å². The van der Waals surface area contributed by atoms with Crippen LogP contribution in [0.2, 0.25) is 0 Å². The van der Waals surface area contributed by atoms with Crippen molar-refractivity contribution in [3.63, 3.8) is 0 Å². The lowest BCUT2D eigenvalue weighted by atomic mass is 10.3. The normalized spacial score (nSPS) is 10.4. The van der Waals surface area contributed by atoms with Crippen LogP contribution in [-0.2, 0) is 0 Å². The molecule has 0 spiro atoms. The highest BCUT2D eigenvalue weighted by atomic mass is 79.9. The lowest BCUT2D eigenvalue weighted by Crippen LogP contribution is -2.13. The summed E-state index contributed by atoms with van der Waals surface area (Å²) in [6.45, 7) is 0. The van der Waals surface area contributed by atoms with Gasteiger partial charge in [0, 0.05) is 4.47 Å². The van der Waals surface area contributed by atoms with Gasteiger partial charge in [-0.1, -0.05) is 15.9 Å². The number of halogens is 3. The maximum Gasteiger partial charge on any atom is 0.277 e. The van der Waals surface area contributed by atoms with Gasteiger partial charge in [-0.2, -0.15) is 4.39 Å². The van der Waals surface area contributed by atoms with Crippen LogP contribution in [0, 0.1) is 11.6 Å². The monoisotopic (exact) mass is 317 g/mol. The van der Waals surface area contributed by atoms with E-state index in [0.717, 1.165) is 12.4 Å². The summed E-state index contributed by atoms with van der Waals surface area (Å²) in [5.41, 5.74) is 4.45. The molecule has 2 aromatic rings. The van der Waals surface area contributed by atoms with Gasteiger partial charge < -0.3 is 15.5 Å². The minimum atomic E-state index is -1.19. The SMILES string of the molecule is Nc1c(Oc2cc(Br)cc(F)c2F)nc[nH]c1=O. The molecule has 0 aliphatic rings. The molecule has 0 atom stereocenters. The van der Waals surface area contributed by atoms with Crippen molar-refractivity contribution in [3.05, 3.63) is 44.9 Å². The van der Waals surface area contributed by atoms with Gasteiger partial charge in [-0.3, -0.25) is 4.79 Å². The average Bonchev–Trinajstić information content (AvgIpc) is 2.31. The number of nitrogens with one attached hydrogen (secondary N) is 1. The molecule has 5 nitrogen and oxygen atoms in total. The second-order valence-corrected chi connectivity index (χ2v) is 4.17. The van der Waals surface area contributed by atoms with Crippen LogP contribution in [0.3, 0.4) is 0 Å². The van der Waals surface area contributed by atoms with Crippen molar-refractivity contribution in [2.75, 3.05) is 5.73 Å². The maximum absolute atomic E-state index is 13.4. The first-order chi connectivity index (χ1) is 8.49. The fraction of sp³-hybridized carbons (Fsp3) is 0. The molecule has 0 unspecified atom stereocenters. The molecule has 1 aromatic carbocycles. The smallest absolute Gasteiger partial charge is 0.277 e. The molecule has 0 saturated heterocycles. The average molecular weight is 318 g/mol. The Morgan fingerprint density at radius 1 is 1.39 bits per heavy atom. The third kappa shape index (κ3) is 2.33. The number of nitrogen functional groups attached to an aromatic ring is 1. The summed E-state index contributed by atoms with van der Waals surface area (Å²) in [6, 6.07) is 2.14. The summed E-state index contributed by atoms with van der Waals surface area (Å²) in [5, 5.41) is 0. The zero-order valence-corrected chi connectivity index (χ0v) is 10.3. The van der Waals surface area contributed by atoms with Gasteiger partial charge in [-0.15, -0.1) is 0 Å². The number of nitrogens with zero attached hydrogens (tertiary/aromatic N) is 1. The zero-order valence-electron chi connectivity index (χ0n) is 8.71. The predicted molar refractivity (Wildman–Crippen MR) is 63.4 cm³/mol. The molecule has 18 heavy (non-hydrogen) atoms. The first-order valence-corrected chi connectivity index (χ1v) is 5.44. The largest absolute Gasteiger partial charge is 0.434 e. The predicted octanol–water partition coefficient (Wildman–Crippen LogP) is 2.19. The van der Waals surface area contributed by atoms with E-state index in [4.69, 9.17) is 10.5 Å². The first kappa shape index (κ1) is 12.5. The number of benzene rings is 1. The van der Waals surface area contributed by atoms with Crippen LogP contribution in [0.25, 0.3) is 0 Å². The van der Waals surface area contributed by atoms with E-state index in [1.54, 1.807) is 0 Å². The van der Waals surface area contributed by atoms with Crippen LogP contribution >= 0.6 is 15.9 Å². The first-order valence-electron chi connectivity index (χ1n) is 4.64. The van der Waals surface area contributed by atoms with Crippen LogP contribution in [0.15, 0.2) is 27.7 Å². The number of nitrogens with two attached hydrogens (primary N) is 1. The van der Waals surface area contributed by atoms with Gasteiger partial charge in [0.1, 0.15) is 0 Å². The quantitative estimate of drug-likeness (QED) is 0.832. The van der Waals surface area contributed by atoms with Crippen molar-refractivity contribution in [2.24, 2.45) is 0 Å². The van der Waals surface area contributed by atoms with Crippen molar-refractivity contribution >= 4 is 21.6 Å². The Morgan fingerprint density at radius 2 is 2.11 bits per heavy atom. The number of H-pyrrole nitrogens is 1. The summed E-state index contributed by atoms with van der Waals surface area (Å²) in [4.78, 5) is 17.0. The van der Waals surface area contributed by atoms with E-state index in [2.05, 4.69) is 25.9 Å². The van der Waals surface area contributed by atoms with Gasteiger partial charge in [0.25, 0.3) is 5.56 Å². The number of hydrogen-bond acceptors (Lipinski definition) is 4. The molecule has 0 aliphatic carbocycles. The highest BCUT2D eigenvalue weighted by Crippen LogP contribution is 2.29. The molecular weight excluding hydrogens is 312 g/mol. The summed E-state index contributed by atoms with van der Waals surface area (Å²) in [5.74, 6) is -3.01. The van der Waals surface area contributed by atoms with Gasteiger partial charge in [-0.25, -0.2) is 9.37 Å². The van der Waals surface area contributed by atoms with E-state index in [1.807, 2.05) is 0 Å². The lowest BCUT2D eigenvalue weighted by Gasteiger charge is -2.08. The van der Waals surface area contributed by atoms with Gasteiger partial charge in [-0.05, 0) is 12.1 Å². The van der Waals surface area contributed by atoms with Crippen molar-refractivity contribution < 1.29 is 13.5 Å². The van der Waals surface area contributed by atoms with Gasteiger partial charge in [0.05, 0.1) is 6.33 Å². The molecule has 2 rings (SSSR count). The molecule has 0 amide bonds. The number of aromatic nitrogens is 2. The minimum Gasteiger partial charge on any atom is -0.434 e. The molecule has 1 heterocycles. The number of ether oxygens (including phenoxy) is 1. The molecule has 8 heteroatoms. The molecule has 0 radical (unpaired) electrons. The number of rotatable bonds is 2. The summed E-state index contributed by atoms with van der Waals surface area (Å²) in [6.07, 6.45) is 1.04. The topological polar surface area (TPSA) is 81.0 Å². The summed E-state index contributed by atoms with van der Waals surface area (Å²) in [7, 11) is 0. The second kappa shape index (κ2) is 4.73. The minimum absolute atomic E-state index is 0.278. The van der Waals surface area contributed by atoms with Gasteiger partial charge in [0.15, 0.2) is 17.3 Å². The zero-order chi connectivity index (χ0) is 13.3. The van der Waals surface area contributed by atoms with Crippen LogP contribution in [0.4, 0.5) is 14.5 Å². The lowest BCUT2D eigenvalue weighted by molar-refractivity contribution is 0.405. The number of hydrogen-bond donors (Lipinski definition) is 2. The van der Waals surface area contributed by atoms with E-state index in [0.29, 0.717) is 0 Å². The highest BCUT2D eigenvalue weighted by Gasteiger charge is 2.15. The number of anilines is 1. The van der Waals surface area contributed by atoms with E-state index < -0.39 is 22.9 Å². The molecule has 3 N–H and O–H groups in total. The Kier molecular flexibility index (Phi) is 3.28. The van der Waals surface area contributed by atoms with Crippen molar-refractivity contribution in [1.29, 1.82) is 0 Å². The molecule has 94 valence electrons. The molecular formula is C10H6BrF2N3O2. The molecule has 0 bridgehead atoms. The van der Waals surface area contributed by atoms with Crippen LogP contribution < -0.4 is 16.0 Å². The Balaban J connectivity index is 2.46. The van der Waals surface area contributed by atoms with E-state index in [-0.39, 0.29) is 16.0 Å². The van der Waals surface area contributed by atoms with Crippen molar-refractivity contribution in [1.82, 2.24) is 9.97 Å². The molecule has 0 saturated carbocycles. The highest BCUT2D eigenvalue weighted by molar-refractivity contribution is 9.10. The Bertz CT molecular complexity index is 660. The Morgan fingerprint density at radius 3 is 2.83 bits per heavy atom. The van der Waals surface area contributed by atoms with Gasteiger partial charge in [0.2, 0.25) is 11.7 Å².